The molecule has 66 heavy (non-hydrogen) atoms. The molecule has 0 unspecified atom stereocenters. The molecule has 0 aliphatic rings. The number of hydrogen-bond acceptors (Lipinski definition) is 1. The van der Waals surface area contributed by atoms with Crippen LogP contribution in [0.15, 0.2) is 255 Å². The van der Waals surface area contributed by atoms with Crippen LogP contribution in [0.5, 0.6) is 0 Å². The van der Waals surface area contributed by atoms with Gasteiger partial charge in [0.05, 0.1) is 16.7 Å². The van der Waals surface area contributed by atoms with Crippen molar-refractivity contribution in [2.24, 2.45) is 0 Å². The molecule has 0 radical (unpaired) electrons. The van der Waals surface area contributed by atoms with Crippen molar-refractivity contribution in [3.8, 4) is 39.1 Å². The molecule has 0 amide bonds. The van der Waals surface area contributed by atoms with Gasteiger partial charge in [-0.15, -0.1) is 0 Å². The molecule has 0 saturated heterocycles. The number of fused-ring (bicyclic) bond motifs is 9. The Labute approximate surface area is 383 Å². The third kappa shape index (κ3) is 6.18. The van der Waals surface area contributed by atoms with E-state index in [2.05, 4.69) is 264 Å². The van der Waals surface area contributed by atoms with Gasteiger partial charge in [-0.1, -0.05) is 200 Å². The van der Waals surface area contributed by atoms with E-state index in [1.54, 1.807) is 0 Å². The van der Waals surface area contributed by atoms with E-state index in [9.17, 15) is 0 Å². The summed E-state index contributed by atoms with van der Waals surface area (Å²) in [6.07, 6.45) is 0. The minimum absolute atomic E-state index is 1.09. The van der Waals surface area contributed by atoms with Gasteiger partial charge in [0.1, 0.15) is 0 Å². The van der Waals surface area contributed by atoms with Crippen molar-refractivity contribution in [2.75, 3.05) is 4.90 Å². The molecule has 2 nitrogen and oxygen atoms in total. The summed E-state index contributed by atoms with van der Waals surface area (Å²) in [5.74, 6) is 0. The van der Waals surface area contributed by atoms with Crippen LogP contribution in [0.4, 0.5) is 17.1 Å². The summed E-state index contributed by atoms with van der Waals surface area (Å²) in [5.41, 5.74) is 14.1. The summed E-state index contributed by atoms with van der Waals surface area (Å²) in [5, 5.41) is 12.4. The zero-order chi connectivity index (χ0) is 43.6. The fourth-order valence-electron chi connectivity index (χ4n) is 10.5. The van der Waals surface area contributed by atoms with Gasteiger partial charge in [-0.3, -0.25) is 0 Å². The van der Waals surface area contributed by atoms with Crippen LogP contribution in [-0.4, -0.2) is 4.57 Å². The molecule has 2 heteroatoms. The Morgan fingerprint density at radius 2 is 0.848 bits per heavy atom. The van der Waals surface area contributed by atoms with Gasteiger partial charge in [0.2, 0.25) is 0 Å². The van der Waals surface area contributed by atoms with E-state index in [1.807, 2.05) is 0 Å². The molecule has 0 aliphatic carbocycles. The monoisotopic (exact) mass is 838 g/mol. The van der Waals surface area contributed by atoms with Gasteiger partial charge in [0.25, 0.3) is 0 Å². The highest BCUT2D eigenvalue weighted by molar-refractivity contribution is 6.24. The zero-order valence-corrected chi connectivity index (χ0v) is 36.1. The number of benzene rings is 12. The van der Waals surface area contributed by atoms with Gasteiger partial charge in [0.15, 0.2) is 0 Å². The molecule has 13 rings (SSSR count). The quantitative estimate of drug-likeness (QED) is 0.145. The fraction of sp³-hybridized carbons (Fsp3) is 0. The van der Waals surface area contributed by atoms with Crippen LogP contribution in [0, 0.1) is 0 Å². The van der Waals surface area contributed by atoms with E-state index in [4.69, 9.17) is 0 Å². The van der Waals surface area contributed by atoms with E-state index in [0.29, 0.717) is 0 Å². The molecule has 0 aliphatic heterocycles. The molecule has 12 aromatic carbocycles. The molecule has 308 valence electrons. The maximum atomic E-state index is 2.46. The van der Waals surface area contributed by atoms with Crippen LogP contribution in [-0.2, 0) is 0 Å². The average molecular weight is 839 g/mol. The summed E-state index contributed by atoms with van der Waals surface area (Å²) < 4.78 is 2.45. The third-order valence-electron chi connectivity index (χ3n) is 13.5. The average Bonchev–Trinajstić information content (AvgIpc) is 3.75. The second-order valence-electron chi connectivity index (χ2n) is 17.3. The van der Waals surface area contributed by atoms with Crippen LogP contribution in [0.25, 0.3) is 104 Å². The first-order chi connectivity index (χ1) is 32.7. The molecule has 13 aromatic rings. The summed E-state index contributed by atoms with van der Waals surface area (Å²) in [6.45, 7) is 0. The predicted molar refractivity (Wildman–Crippen MR) is 282 cm³/mol. The predicted octanol–water partition coefficient (Wildman–Crippen LogP) is 17.9. The van der Waals surface area contributed by atoms with Gasteiger partial charge in [-0.25, -0.2) is 0 Å². The van der Waals surface area contributed by atoms with E-state index in [1.165, 1.54) is 92.7 Å². The Morgan fingerprint density at radius 3 is 1.62 bits per heavy atom. The lowest BCUT2D eigenvalue weighted by Crippen LogP contribution is -2.11. The molecule has 1 heterocycles. The Kier molecular flexibility index (Phi) is 8.89. The normalized spacial score (nSPS) is 11.6. The van der Waals surface area contributed by atoms with Crippen molar-refractivity contribution < 1.29 is 0 Å². The maximum absolute atomic E-state index is 2.46. The van der Waals surface area contributed by atoms with Crippen LogP contribution in [0.2, 0.25) is 0 Å². The lowest BCUT2D eigenvalue weighted by molar-refractivity contribution is 1.19. The number of aromatic nitrogens is 1. The molecular weight excluding hydrogens is 797 g/mol. The van der Waals surface area contributed by atoms with E-state index >= 15 is 0 Å². The second kappa shape index (κ2) is 15.5. The highest BCUT2D eigenvalue weighted by Gasteiger charge is 2.22. The summed E-state index contributed by atoms with van der Waals surface area (Å²) in [7, 11) is 0. The molecule has 1 aromatic heterocycles. The molecule has 0 fully saturated rings. The van der Waals surface area contributed by atoms with Gasteiger partial charge < -0.3 is 9.47 Å². The third-order valence-corrected chi connectivity index (χ3v) is 13.5. The lowest BCUT2D eigenvalue weighted by Gasteiger charge is -2.28. The standard InChI is InChI=1S/C64H42N2/c1-2-21-50(22-3-1)66-61-31-13-12-29-59(61)63-60(41-48-17-6-9-26-56(48)64(63)66)47-20-14-23-52(40-47)65(62-42-49-18-5-8-25-55(49)57-27-10-11-28-58(57)62)51-38-36-44(37-39-51)43-32-34-46(35-33-43)54-30-15-19-45-16-4-7-24-53(45)54/h1-42H. The molecule has 0 N–H and O–H groups in total. The topological polar surface area (TPSA) is 8.17 Å². The highest BCUT2D eigenvalue weighted by atomic mass is 15.1. The molecule has 0 spiro atoms. The molecule has 0 atom stereocenters. The molecular formula is C64H42N2. The van der Waals surface area contributed by atoms with Crippen LogP contribution >= 0.6 is 0 Å². The SMILES string of the molecule is c1ccc(-n2c3ccccc3c3c(-c4cccc(N(c5ccc(-c6ccc(-c7cccc8ccccc78)cc6)cc5)c5cc6ccccc6c6ccccc56)c4)cc4ccccc4c32)cc1. The highest BCUT2D eigenvalue weighted by Crippen LogP contribution is 2.46. The lowest BCUT2D eigenvalue weighted by atomic mass is 9.94. The van der Waals surface area contributed by atoms with E-state index in [0.717, 1.165) is 28.3 Å². The van der Waals surface area contributed by atoms with Crippen molar-refractivity contribution in [3.05, 3.63) is 255 Å². The van der Waals surface area contributed by atoms with Crippen molar-refractivity contribution >= 4 is 82.0 Å². The van der Waals surface area contributed by atoms with Crippen LogP contribution < -0.4 is 4.90 Å². The largest absolute Gasteiger partial charge is 0.310 e. The number of para-hydroxylation sites is 2. The number of hydrogen-bond donors (Lipinski definition) is 0. The zero-order valence-electron chi connectivity index (χ0n) is 36.1. The minimum atomic E-state index is 1.09. The first kappa shape index (κ1) is 37.8. The number of nitrogens with zero attached hydrogens (tertiary/aromatic N) is 2. The van der Waals surface area contributed by atoms with Crippen molar-refractivity contribution in [1.29, 1.82) is 0 Å². The van der Waals surface area contributed by atoms with Gasteiger partial charge >= 0.3 is 0 Å². The van der Waals surface area contributed by atoms with Crippen molar-refractivity contribution in [3.63, 3.8) is 0 Å². The van der Waals surface area contributed by atoms with Crippen LogP contribution in [0.1, 0.15) is 0 Å². The first-order valence-corrected chi connectivity index (χ1v) is 22.8. The Balaban J connectivity index is 0.991. The van der Waals surface area contributed by atoms with Gasteiger partial charge in [-0.05, 0) is 120 Å². The van der Waals surface area contributed by atoms with Gasteiger partial charge in [-0.2, -0.15) is 0 Å². The number of anilines is 3. The number of rotatable bonds is 7. The smallest absolute Gasteiger partial charge is 0.0625 e. The van der Waals surface area contributed by atoms with Crippen LogP contribution in [0.3, 0.4) is 0 Å². The fourth-order valence-corrected chi connectivity index (χ4v) is 10.5. The Hall–Kier alpha value is -8.72. The maximum Gasteiger partial charge on any atom is 0.0625 e. The minimum Gasteiger partial charge on any atom is -0.310 e. The second-order valence-corrected chi connectivity index (χ2v) is 17.3. The van der Waals surface area contributed by atoms with E-state index in [-0.39, 0.29) is 0 Å². The summed E-state index contributed by atoms with van der Waals surface area (Å²) in [4.78, 5) is 2.46. The summed E-state index contributed by atoms with van der Waals surface area (Å²) in [6, 6.07) is 93.3. The molecule has 0 saturated carbocycles. The van der Waals surface area contributed by atoms with Gasteiger partial charge in [0, 0.05) is 38.6 Å². The van der Waals surface area contributed by atoms with Crippen molar-refractivity contribution in [1.82, 2.24) is 4.57 Å². The first-order valence-electron chi connectivity index (χ1n) is 22.8. The van der Waals surface area contributed by atoms with E-state index < -0.39 is 0 Å². The molecule has 0 bridgehead atoms. The van der Waals surface area contributed by atoms with Crippen molar-refractivity contribution in [2.45, 2.75) is 0 Å². The summed E-state index contributed by atoms with van der Waals surface area (Å²) >= 11 is 0. The Morgan fingerprint density at radius 1 is 0.288 bits per heavy atom. The Bertz CT molecular complexity index is 3970.